The zero-order valence-electron chi connectivity index (χ0n) is 14.6. The van der Waals surface area contributed by atoms with Crippen LogP contribution in [0.15, 0.2) is 48.7 Å². The summed E-state index contributed by atoms with van der Waals surface area (Å²) in [5.41, 5.74) is 4.04. The molecule has 0 unspecified atom stereocenters. The van der Waals surface area contributed by atoms with E-state index in [0.717, 1.165) is 48.1 Å². The first-order valence-electron chi connectivity index (χ1n) is 8.97. The summed E-state index contributed by atoms with van der Waals surface area (Å²) in [5.74, 6) is -0.133. The first-order valence-corrected chi connectivity index (χ1v) is 8.97. The fourth-order valence-corrected chi connectivity index (χ4v) is 3.59. The van der Waals surface area contributed by atoms with Crippen LogP contribution in [0.5, 0.6) is 0 Å². The van der Waals surface area contributed by atoms with Gasteiger partial charge in [-0.05, 0) is 79.8 Å². The molecule has 130 valence electrons. The molecular formula is C21H24FN3. The SMILES string of the molecule is CN1CCC(NCc2cc(-c3ccc4[nH]ccc4c3)ccc2F)CC1. The Morgan fingerprint density at radius 2 is 1.84 bits per heavy atom. The van der Waals surface area contributed by atoms with Crippen molar-refractivity contribution in [1.29, 1.82) is 0 Å². The Balaban J connectivity index is 1.51. The van der Waals surface area contributed by atoms with Gasteiger partial charge in [-0.2, -0.15) is 0 Å². The summed E-state index contributed by atoms with van der Waals surface area (Å²) in [7, 11) is 2.15. The Morgan fingerprint density at radius 3 is 2.68 bits per heavy atom. The zero-order valence-corrected chi connectivity index (χ0v) is 14.6. The van der Waals surface area contributed by atoms with Gasteiger partial charge in [0.05, 0.1) is 0 Å². The van der Waals surface area contributed by atoms with Crippen molar-refractivity contribution < 1.29 is 4.39 Å². The molecule has 2 aromatic carbocycles. The van der Waals surface area contributed by atoms with Gasteiger partial charge in [-0.15, -0.1) is 0 Å². The van der Waals surface area contributed by atoms with Crippen molar-refractivity contribution >= 4 is 10.9 Å². The van der Waals surface area contributed by atoms with Crippen LogP contribution in [0.4, 0.5) is 4.39 Å². The van der Waals surface area contributed by atoms with E-state index in [4.69, 9.17) is 0 Å². The minimum absolute atomic E-state index is 0.133. The molecule has 1 fully saturated rings. The third kappa shape index (κ3) is 3.60. The van der Waals surface area contributed by atoms with E-state index in [-0.39, 0.29) is 5.82 Å². The van der Waals surface area contributed by atoms with Crippen LogP contribution >= 0.6 is 0 Å². The Morgan fingerprint density at radius 1 is 1.08 bits per heavy atom. The van der Waals surface area contributed by atoms with Gasteiger partial charge in [-0.3, -0.25) is 0 Å². The smallest absolute Gasteiger partial charge is 0.127 e. The molecule has 0 aliphatic carbocycles. The summed E-state index contributed by atoms with van der Waals surface area (Å²) in [4.78, 5) is 5.55. The maximum absolute atomic E-state index is 14.3. The zero-order chi connectivity index (χ0) is 17.2. The quantitative estimate of drug-likeness (QED) is 0.749. The van der Waals surface area contributed by atoms with Crippen LogP contribution in [0.1, 0.15) is 18.4 Å². The van der Waals surface area contributed by atoms with Crippen LogP contribution in [0.25, 0.3) is 22.0 Å². The number of piperidine rings is 1. The summed E-state index contributed by atoms with van der Waals surface area (Å²) in [6, 6.07) is 14.3. The van der Waals surface area contributed by atoms with Crippen LogP contribution in [0.2, 0.25) is 0 Å². The average Bonchev–Trinajstić information content (AvgIpc) is 3.10. The molecule has 4 rings (SSSR count). The second-order valence-electron chi connectivity index (χ2n) is 7.04. The molecule has 1 aromatic heterocycles. The van der Waals surface area contributed by atoms with Crippen LogP contribution in [0.3, 0.4) is 0 Å². The second-order valence-corrected chi connectivity index (χ2v) is 7.04. The summed E-state index contributed by atoms with van der Waals surface area (Å²) in [6.07, 6.45) is 4.19. The van der Waals surface area contributed by atoms with Gasteiger partial charge in [0, 0.05) is 29.9 Å². The number of aromatic amines is 1. The van der Waals surface area contributed by atoms with Gasteiger partial charge in [0.15, 0.2) is 0 Å². The number of H-pyrrole nitrogens is 1. The Labute approximate surface area is 147 Å². The minimum Gasteiger partial charge on any atom is -0.361 e. The molecular weight excluding hydrogens is 313 g/mol. The van der Waals surface area contributed by atoms with E-state index in [9.17, 15) is 4.39 Å². The number of halogens is 1. The number of rotatable bonds is 4. The van der Waals surface area contributed by atoms with Gasteiger partial charge in [0.25, 0.3) is 0 Å². The molecule has 3 aromatic rings. The summed E-state index contributed by atoms with van der Waals surface area (Å²) in [6.45, 7) is 2.80. The molecule has 3 nitrogen and oxygen atoms in total. The van der Waals surface area contributed by atoms with E-state index in [2.05, 4.69) is 46.5 Å². The molecule has 1 aliphatic rings. The maximum Gasteiger partial charge on any atom is 0.127 e. The molecule has 4 heteroatoms. The lowest BCUT2D eigenvalue weighted by atomic mass is 10.0. The third-order valence-corrected chi connectivity index (χ3v) is 5.23. The van der Waals surface area contributed by atoms with Crippen molar-refractivity contribution in [3.63, 3.8) is 0 Å². The molecule has 0 bridgehead atoms. The lowest BCUT2D eigenvalue weighted by molar-refractivity contribution is 0.233. The summed E-state index contributed by atoms with van der Waals surface area (Å²) < 4.78 is 14.3. The van der Waals surface area contributed by atoms with E-state index in [1.807, 2.05) is 18.3 Å². The van der Waals surface area contributed by atoms with E-state index >= 15 is 0 Å². The first kappa shape index (κ1) is 16.3. The third-order valence-electron chi connectivity index (χ3n) is 5.23. The molecule has 1 aliphatic heterocycles. The molecule has 0 spiro atoms. The highest BCUT2D eigenvalue weighted by molar-refractivity contribution is 5.85. The number of nitrogens with one attached hydrogen (secondary N) is 2. The number of aromatic nitrogens is 1. The van der Waals surface area contributed by atoms with Crippen molar-refractivity contribution in [2.45, 2.75) is 25.4 Å². The molecule has 0 radical (unpaired) electrons. The van der Waals surface area contributed by atoms with Gasteiger partial charge in [0.2, 0.25) is 0 Å². The van der Waals surface area contributed by atoms with Crippen molar-refractivity contribution in [3.8, 4) is 11.1 Å². The number of benzene rings is 2. The lowest BCUT2D eigenvalue weighted by Gasteiger charge is -2.29. The highest BCUT2D eigenvalue weighted by atomic mass is 19.1. The minimum atomic E-state index is -0.133. The normalized spacial score (nSPS) is 16.6. The molecule has 25 heavy (non-hydrogen) atoms. The lowest BCUT2D eigenvalue weighted by Crippen LogP contribution is -2.40. The molecule has 1 saturated heterocycles. The Kier molecular flexibility index (Phi) is 4.55. The van der Waals surface area contributed by atoms with Gasteiger partial charge in [0.1, 0.15) is 5.82 Å². The van der Waals surface area contributed by atoms with E-state index in [1.54, 1.807) is 6.07 Å². The van der Waals surface area contributed by atoms with Gasteiger partial charge in [-0.1, -0.05) is 12.1 Å². The summed E-state index contributed by atoms with van der Waals surface area (Å²) in [5, 5.41) is 4.71. The van der Waals surface area contributed by atoms with Gasteiger partial charge >= 0.3 is 0 Å². The Bertz CT molecular complexity index is 862. The van der Waals surface area contributed by atoms with Gasteiger partial charge in [-0.25, -0.2) is 4.39 Å². The van der Waals surface area contributed by atoms with E-state index in [1.165, 1.54) is 5.39 Å². The van der Waals surface area contributed by atoms with E-state index in [0.29, 0.717) is 12.6 Å². The van der Waals surface area contributed by atoms with Gasteiger partial charge < -0.3 is 15.2 Å². The first-order chi connectivity index (χ1) is 12.2. The number of hydrogen-bond donors (Lipinski definition) is 2. The van der Waals surface area contributed by atoms with Crippen LogP contribution in [-0.4, -0.2) is 36.1 Å². The van der Waals surface area contributed by atoms with Crippen molar-refractivity contribution in [2.75, 3.05) is 20.1 Å². The topological polar surface area (TPSA) is 31.1 Å². The average molecular weight is 337 g/mol. The van der Waals surface area contributed by atoms with E-state index < -0.39 is 0 Å². The predicted octanol–water partition coefficient (Wildman–Crippen LogP) is 4.16. The predicted molar refractivity (Wildman–Crippen MR) is 101 cm³/mol. The molecule has 2 heterocycles. The van der Waals surface area contributed by atoms with Crippen molar-refractivity contribution in [3.05, 3.63) is 60.0 Å². The fraction of sp³-hybridized carbons (Fsp3) is 0.333. The Hall–Kier alpha value is -2.17. The fourth-order valence-electron chi connectivity index (χ4n) is 3.59. The number of likely N-dealkylation sites (tertiary alicyclic amines) is 1. The molecule has 0 amide bonds. The van der Waals surface area contributed by atoms with Crippen LogP contribution in [0, 0.1) is 5.82 Å². The van der Waals surface area contributed by atoms with Crippen molar-refractivity contribution in [1.82, 2.24) is 15.2 Å². The molecule has 0 saturated carbocycles. The largest absolute Gasteiger partial charge is 0.361 e. The highest BCUT2D eigenvalue weighted by Gasteiger charge is 2.16. The highest BCUT2D eigenvalue weighted by Crippen LogP contribution is 2.26. The molecule has 0 atom stereocenters. The van der Waals surface area contributed by atoms with Crippen molar-refractivity contribution in [2.24, 2.45) is 0 Å². The number of hydrogen-bond acceptors (Lipinski definition) is 2. The number of fused-ring (bicyclic) bond motifs is 1. The van der Waals surface area contributed by atoms with Crippen LogP contribution in [-0.2, 0) is 6.54 Å². The summed E-state index contributed by atoms with van der Waals surface area (Å²) >= 11 is 0. The number of nitrogens with zero attached hydrogens (tertiary/aromatic N) is 1. The van der Waals surface area contributed by atoms with Crippen LogP contribution < -0.4 is 5.32 Å². The molecule has 2 N–H and O–H groups in total. The monoisotopic (exact) mass is 337 g/mol. The maximum atomic E-state index is 14.3. The second kappa shape index (κ2) is 6.98. The standard InChI is InChI=1S/C21H24FN3/c1-25-10-7-19(8-11-25)24-14-18-13-15(2-4-20(18)22)16-3-5-21-17(12-16)6-9-23-21/h2-6,9,12-13,19,23-24H,7-8,10-11,14H2,1H3.